The molecular formula is C19H28N6OS. The first-order valence-electron chi connectivity index (χ1n) is 9.70. The first-order chi connectivity index (χ1) is 13.2. The van der Waals surface area contributed by atoms with Crippen molar-refractivity contribution >= 4 is 23.1 Å². The third-order valence-corrected chi connectivity index (χ3v) is 6.44. The van der Waals surface area contributed by atoms with E-state index in [1.54, 1.807) is 11.3 Å². The molecule has 2 saturated heterocycles. The molecule has 0 saturated carbocycles. The maximum atomic E-state index is 5.44. The van der Waals surface area contributed by atoms with Crippen molar-refractivity contribution in [2.45, 2.75) is 32.4 Å². The molecular weight excluding hydrogens is 360 g/mol. The SMILES string of the molecule is Cc1ncsc1CN1CCCC(N(C)c2ccnc(N3CCOCC3)n2)C1. The van der Waals surface area contributed by atoms with Crippen LogP contribution in [-0.4, -0.2) is 72.3 Å². The number of aromatic nitrogens is 3. The number of likely N-dealkylation sites (tertiary alicyclic amines) is 1. The van der Waals surface area contributed by atoms with Crippen LogP contribution in [0.25, 0.3) is 0 Å². The van der Waals surface area contributed by atoms with E-state index in [-0.39, 0.29) is 0 Å². The highest BCUT2D eigenvalue weighted by Gasteiger charge is 2.25. The van der Waals surface area contributed by atoms with Gasteiger partial charge in [0.1, 0.15) is 5.82 Å². The average molecular weight is 389 g/mol. The highest BCUT2D eigenvalue weighted by molar-refractivity contribution is 7.09. The van der Waals surface area contributed by atoms with Crippen molar-refractivity contribution in [3.05, 3.63) is 28.3 Å². The van der Waals surface area contributed by atoms with Gasteiger partial charge in [-0.1, -0.05) is 0 Å². The smallest absolute Gasteiger partial charge is 0.227 e. The minimum atomic E-state index is 0.472. The third-order valence-electron chi connectivity index (χ3n) is 5.52. The molecule has 7 nitrogen and oxygen atoms in total. The molecule has 0 radical (unpaired) electrons. The predicted molar refractivity (Wildman–Crippen MR) is 109 cm³/mol. The summed E-state index contributed by atoms with van der Waals surface area (Å²) in [5.74, 6) is 1.82. The molecule has 0 bridgehead atoms. The fourth-order valence-corrected chi connectivity index (χ4v) is 4.63. The number of nitrogens with zero attached hydrogens (tertiary/aromatic N) is 6. The van der Waals surface area contributed by atoms with Crippen molar-refractivity contribution in [2.24, 2.45) is 0 Å². The third kappa shape index (κ3) is 4.39. The van der Waals surface area contributed by atoms with Gasteiger partial charge in [0.25, 0.3) is 0 Å². The summed E-state index contributed by atoms with van der Waals surface area (Å²) in [6, 6.07) is 2.50. The monoisotopic (exact) mass is 388 g/mol. The molecule has 0 aromatic carbocycles. The van der Waals surface area contributed by atoms with Crippen LogP contribution in [-0.2, 0) is 11.3 Å². The minimum absolute atomic E-state index is 0.472. The van der Waals surface area contributed by atoms with Crippen LogP contribution in [0.2, 0.25) is 0 Å². The molecule has 4 rings (SSSR count). The molecule has 2 aromatic rings. The summed E-state index contributed by atoms with van der Waals surface area (Å²) in [4.78, 5) is 22.2. The number of hydrogen-bond donors (Lipinski definition) is 0. The van der Waals surface area contributed by atoms with Crippen LogP contribution >= 0.6 is 11.3 Å². The van der Waals surface area contributed by atoms with Gasteiger partial charge in [0, 0.05) is 50.3 Å². The zero-order valence-electron chi connectivity index (χ0n) is 16.2. The Balaban J connectivity index is 1.42. The lowest BCUT2D eigenvalue weighted by Gasteiger charge is -2.38. The molecule has 2 aliphatic heterocycles. The number of likely N-dealkylation sites (N-methyl/N-ethyl adjacent to an activating group) is 1. The van der Waals surface area contributed by atoms with Gasteiger partial charge in [0.2, 0.25) is 5.95 Å². The van der Waals surface area contributed by atoms with E-state index in [1.807, 2.05) is 17.8 Å². The van der Waals surface area contributed by atoms with E-state index in [0.29, 0.717) is 6.04 Å². The van der Waals surface area contributed by atoms with Gasteiger partial charge in [-0.15, -0.1) is 11.3 Å². The molecule has 2 aliphatic rings. The number of anilines is 2. The number of morpholine rings is 1. The Morgan fingerprint density at radius 2 is 2.11 bits per heavy atom. The lowest BCUT2D eigenvalue weighted by molar-refractivity contribution is 0.122. The molecule has 0 aliphatic carbocycles. The summed E-state index contributed by atoms with van der Waals surface area (Å²) in [5, 5.41) is 0. The molecule has 2 fully saturated rings. The van der Waals surface area contributed by atoms with Gasteiger partial charge >= 0.3 is 0 Å². The topological polar surface area (TPSA) is 57.6 Å². The molecule has 0 amide bonds. The van der Waals surface area contributed by atoms with Gasteiger partial charge in [-0.25, -0.2) is 9.97 Å². The lowest BCUT2D eigenvalue weighted by atomic mass is 10.0. The van der Waals surface area contributed by atoms with E-state index >= 15 is 0 Å². The zero-order valence-corrected chi connectivity index (χ0v) is 17.0. The second-order valence-corrected chi connectivity index (χ2v) is 8.26. The van der Waals surface area contributed by atoms with Crippen LogP contribution in [0.5, 0.6) is 0 Å². The first-order valence-corrected chi connectivity index (χ1v) is 10.6. The minimum Gasteiger partial charge on any atom is -0.378 e. The summed E-state index contributed by atoms with van der Waals surface area (Å²) in [5.41, 5.74) is 3.12. The number of rotatable bonds is 5. The summed E-state index contributed by atoms with van der Waals surface area (Å²) >= 11 is 1.76. The van der Waals surface area contributed by atoms with Crippen molar-refractivity contribution in [3.8, 4) is 0 Å². The highest BCUT2D eigenvalue weighted by atomic mass is 32.1. The number of piperidine rings is 1. The Hall–Kier alpha value is -1.77. The molecule has 2 aromatic heterocycles. The summed E-state index contributed by atoms with van der Waals surface area (Å²) in [7, 11) is 2.16. The quantitative estimate of drug-likeness (QED) is 0.778. The van der Waals surface area contributed by atoms with Gasteiger partial charge in [-0.05, 0) is 32.4 Å². The molecule has 4 heterocycles. The average Bonchev–Trinajstić information content (AvgIpc) is 3.13. The van der Waals surface area contributed by atoms with Crippen molar-refractivity contribution in [3.63, 3.8) is 0 Å². The van der Waals surface area contributed by atoms with Crippen LogP contribution in [0.3, 0.4) is 0 Å². The second kappa shape index (κ2) is 8.50. The van der Waals surface area contributed by atoms with Gasteiger partial charge in [-0.3, -0.25) is 4.90 Å². The molecule has 1 unspecified atom stereocenters. The fourth-order valence-electron chi connectivity index (χ4n) is 3.81. The zero-order chi connectivity index (χ0) is 18.6. The van der Waals surface area contributed by atoms with E-state index in [0.717, 1.165) is 57.7 Å². The molecule has 1 atom stereocenters. The first kappa shape index (κ1) is 18.6. The van der Waals surface area contributed by atoms with Crippen molar-refractivity contribution in [1.82, 2.24) is 19.9 Å². The summed E-state index contributed by atoms with van der Waals surface area (Å²) in [6.45, 7) is 8.54. The standard InChI is InChI=1S/C19H28N6OS/c1-15-17(27-14-21-15)13-24-7-3-4-16(12-24)23(2)18-5-6-20-19(22-18)25-8-10-26-11-9-25/h5-6,14,16H,3-4,7-13H2,1-2H3. The van der Waals surface area contributed by atoms with E-state index in [9.17, 15) is 0 Å². The Morgan fingerprint density at radius 1 is 1.26 bits per heavy atom. The van der Waals surface area contributed by atoms with E-state index in [2.05, 4.69) is 38.6 Å². The molecule has 8 heteroatoms. The van der Waals surface area contributed by atoms with Crippen LogP contribution in [0.15, 0.2) is 17.8 Å². The number of aryl methyl sites for hydroxylation is 1. The lowest BCUT2D eigenvalue weighted by Crippen LogP contribution is -2.46. The van der Waals surface area contributed by atoms with Crippen LogP contribution in [0.4, 0.5) is 11.8 Å². The van der Waals surface area contributed by atoms with Gasteiger partial charge in [-0.2, -0.15) is 4.98 Å². The van der Waals surface area contributed by atoms with Crippen molar-refractivity contribution in [2.75, 3.05) is 56.2 Å². The Morgan fingerprint density at radius 3 is 2.89 bits per heavy atom. The largest absolute Gasteiger partial charge is 0.378 e. The molecule has 146 valence electrons. The Bertz CT molecular complexity index is 747. The Labute approximate surface area is 165 Å². The normalized spacial score (nSPS) is 21.4. The number of thiazole rings is 1. The second-order valence-electron chi connectivity index (χ2n) is 7.32. The van der Waals surface area contributed by atoms with Gasteiger partial charge < -0.3 is 14.5 Å². The number of ether oxygens (including phenoxy) is 1. The van der Waals surface area contributed by atoms with Crippen LogP contribution in [0, 0.1) is 6.92 Å². The number of hydrogen-bond acceptors (Lipinski definition) is 8. The Kier molecular flexibility index (Phi) is 5.85. The van der Waals surface area contributed by atoms with Gasteiger partial charge in [0.05, 0.1) is 24.4 Å². The highest BCUT2D eigenvalue weighted by Crippen LogP contribution is 2.24. The summed E-state index contributed by atoms with van der Waals surface area (Å²) < 4.78 is 5.44. The maximum absolute atomic E-state index is 5.44. The fraction of sp³-hybridized carbons (Fsp3) is 0.632. The maximum Gasteiger partial charge on any atom is 0.227 e. The van der Waals surface area contributed by atoms with Gasteiger partial charge in [0.15, 0.2) is 0 Å². The predicted octanol–water partition coefficient (Wildman–Crippen LogP) is 2.18. The molecule has 0 N–H and O–H groups in total. The van der Waals surface area contributed by atoms with E-state index in [4.69, 9.17) is 9.72 Å². The van der Waals surface area contributed by atoms with E-state index < -0.39 is 0 Å². The van der Waals surface area contributed by atoms with Crippen LogP contribution in [0.1, 0.15) is 23.4 Å². The van der Waals surface area contributed by atoms with E-state index in [1.165, 1.54) is 23.4 Å². The molecule has 0 spiro atoms. The summed E-state index contributed by atoms with van der Waals surface area (Å²) in [6.07, 6.45) is 4.30. The van der Waals surface area contributed by atoms with Crippen molar-refractivity contribution in [1.29, 1.82) is 0 Å². The van der Waals surface area contributed by atoms with Crippen LogP contribution < -0.4 is 9.80 Å². The van der Waals surface area contributed by atoms with Crippen molar-refractivity contribution < 1.29 is 4.74 Å². The molecule has 27 heavy (non-hydrogen) atoms.